The summed E-state index contributed by atoms with van der Waals surface area (Å²) < 4.78 is 0. The Morgan fingerprint density at radius 1 is 1.13 bits per heavy atom. The summed E-state index contributed by atoms with van der Waals surface area (Å²) in [6, 6.07) is 11.7. The van der Waals surface area contributed by atoms with Gasteiger partial charge in [-0.3, -0.25) is 4.79 Å². The van der Waals surface area contributed by atoms with Crippen LogP contribution in [-0.2, 0) is 4.79 Å². The number of rotatable bonds is 6. The van der Waals surface area contributed by atoms with Crippen molar-refractivity contribution in [3.63, 3.8) is 0 Å². The van der Waals surface area contributed by atoms with Crippen LogP contribution < -0.4 is 10.2 Å². The molecule has 2 N–H and O–H groups in total. The van der Waals surface area contributed by atoms with Crippen molar-refractivity contribution < 1.29 is 9.90 Å². The number of anilines is 3. The van der Waals surface area contributed by atoms with Crippen molar-refractivity contribution in [3.05, 3.63) is 48.3 Å². The first-order valence-electron chi connectivity index (χ1n) is 9.67. The largest absolute Gasteiger partial charge is 0.481 e. The number of piperidine rings is 1. The second-order valence-corrected chi connectivity index (χ2v) is 8.24. The first kappa shape index (κ1) is 24.8. The van der Waals surface area contributed by atoms with Gasteiger partial charge in [-0.15, -0.1) is 24.8 Å². The molecule has 1 aliphatic heterocycles. The smallest absolute Gasteiger partial charge is 0.303 e. The fraction of sp³-hybridized carbons (Fsp3) is 0.333. The molecule has 4 heterocycles. The van der Waals surface area contributed by atoms with E-state index in [0.29, 0.717) is 0 Å². The van der Waals surface area contributed by atoms with E-state index in [1.54, 1.807) is 11.3 Å². The van der Waals surface area contributed by atoms with Gasteiger partial charge in [0.1, 0.15) is 11.6 Å². The summed E-state index contributed by atoms with van der Waals surface area (Å²) in [5.41, 5.74) is 1.82. The normalized spacial score (nSPS) is 13.8. The summed E-state index contributed by atoms with van der Waals surface area (Å²) in [7, 11) is 0. The van der Waals surface area contributed by atoms with E-state index in [0.717, 1.165) is 59.0 Å². The van der Waals surface area contributed by atoms with Gasteiger partial charge in [-0.2, -0.15) is 0 Å². The third-order valence-corrected chi connectivity index (χ3v) is 6.07. The fourth-order valence-corrected chi connectivity index (χ4v) is 4.43. The lowest BCUT2D eigenvalue weighted by molar-refractivity contribution is -0.138. The number of nitrogens with zero attached hydrogens (tertiary/aromatic N) is 4. The molecular formula is C21H25Cl2N5O2S. The van der Waals surface area contributed by atoms with Crippen LogP contribution in [0.4, 0.5) is 16.8 Å². The monoisotopic (exact) mass is 481 g/mol. The van der Waals surface area contributed by atoms with Gasteiger partial charge in [-0.05, 0) is 49.9 Å². The number of thiazole rings is 1. The van der Waals surface area contributed by atoms with Crippen LogP contribution in [0.2, 0.25) is 0 Å². The average Bonchev–Trinajstić information content (AvgIpc) is 3.19. The number of aryl methyl sites for hydroxylation is 1. The van der Waals surface area contributed by atoms with Gasteiger partial charge in [0.2, 0.25) is 0 Å². The number of aromatic nitrogens is 3. The maximum absolute atomic E-state index is 10.9. The predicted molar refractivity (Wildman–Crippen MR) is 129 cm³/mol. The van der Waals surface area contributed by atoms with Crippen LogP contribution >= 0.6 is 36.2 Å². The Balaban J connectivity index is 0.00000171. The van der Waals surface area contributed by atoms with Crippen LogP contribution in [-0.4, -0.2) is 39.1 Å². The Morgan fingerprint density at radius 2 is 1.81 bits per heavy atom. The topological polar surface area (TPSA) is 91.2 Å². The van der Waals surface area contributed by atoms with Gasteiger partial charge in [-0.1, -0.05) is 23.5 Å². The first-order chi connectivity index (χ1) is 14.1. The molecule has 0 amide bonds. The second kappa shape index (κ2) is 11.3. The summed E-state index contributed by atoms with van der Waals surface area (Å²) in [5, 5.41) is 13.2. The summed E-state index contributed by atoms with van der Waals surface area (Å²) in [4.78, 5) is 27.9. The van der Waals surface area contributed by atoms with Crippen LogP contribution in [0.15, 0.2) is 42.6 Å². The molecular weight excluding hydrogens is 457 g/mol. The number of hydrogen-bond acceptors (Lipinski definition) is 7. The molecule has 1 fully saturated rings. The minimum Gasteiger partial charge on any atom is -0.481 e. The number of aliphatic carboxylic acids is 1. The van der Waals surface area contributed by atoms with Crippen LogP contribution in [0.25, 0.3) is 10.6 Å². The fourth-order valence-electron chi connectivity index (χ4n) is 3.49. The van der Waals surface area contributed by atoms with Crippen LogP contribution in [0.1, 0.15) is 25.0 Å². The van der Waals surface area contributed by atoms with E-state index in [4.69, 9.17) is 10.1 Å². The highest BCUT2D eigenvalue weighted by molar-refractivity contribution is 7.18. The van der Waals surface area contributed by atoms with E-state index in [-0.39, 0.29) is 37.2 Å². The first-order valence-corrected chi connectivity index (χ1v) is 10.5. The van der Waals surface area contributed by atoms with Crippen molar-refractivity contribution in [2.45, 2.75) is 26.2 Å². The lowest BCUT2D eigenvalue weighted by Crippen LogP contribution is -2.34. The number of pyridine rings is 2. The summed E-state index contributed by atoms with van der Waals surface area (Å²) in [5.74, 6) is 1.07. The molecule has 10 heteroatoms. The number of halogens is 2. The van der Waals surface area contributed by atoms with Crippen molar-refractivity contribution in [2.24, 2.45) is 5.92 Å². The Labute approximate surface area is 197 Å². The van der Waals surface area contributed by atoms with E-state index < -0.39 is 5.97 Å². The van der Waals surface area contributed by atoms with Gasteiger partial charge < -0.3 is 15.3 Å². The summed E-state index contributed by atoms with van der Waals surface area (Å²) >= 11 is 1.62. The molecule has 1 aliphatic rings. The molecule has 7 nitrogen and oxygen atoms in total. The molecule has 1 saturated heterocycles. The Kier molecular flexibility index (Phi) is 9.03. The van der Waals surface area contributed by atoms with Crippen molar-refractivity contribution in [1.82, 2.24) is 15.0 Å². The van der Waals surface area contributed by atoms with E-state index in [1.165, 1.54) is 0 Å². The number of nitrogens with one attached hydrogen (secondary N) is 1. The van der Waals surface area contributed by atoms with Crippen molar-refractivity contribution in [2.75, 3.05) is 23.3 Å². The van der Waals surface area contributed by atoms with Crippen LogP contribution in [0.3, 0.4) is 0 Å². The highest BCUT2D eigenvalue weighted by Gasteiger charge is 2.23. The summed E-state index contributed by atoms with van der Waals surface area (Å²) in [6.45, 7) is 3.65. The van der Waals surface area contributed by atoms with E-state index in [2.05, 4.69) is 20.2 Å². The number of carboxylic acid groups (broad SMARTS) is 1. The van der Waals surface area contributed by atoms with Crippen LogP contribution in [0.5, 0.6) is 0 Å². The molecule has 0 bridgehead atoms. The highest BCUT2D eigenvalue weighted by Crippen LogP contribution is 2.33. The highest BCUT2D eigenvalue weighted by atomic mass is 35.5. The van der Waals surface area contributed by atoms with Gasteiger partial charge >= 0.3 is 5.97 Å². The lowest BCUT2D eigenvalue weighted by atomic mass is 9.94. The zero-order valence-electron chi connectivity index (χ0n) is 17.0. The van der Waals surface area contributed by atoms with Crippen molar-refractivity contribution in [3.8, 4) is 10.6 Å². The third kappa shape index (κ3) is 6.53. The van der Waals surface area contributed by atoms with Gasteiger partial charge in [0.15, 0.2) is 5.13 Å². The maximum Gasteiger partial charge on any atom is 0.303 e. The molecule has 0 radical (unpaired) electrons. The zero-order valence-corrected chi connectivity index (χ0v) is 19.5. The Hall–Kier alpha value is -2.42. The molecule has 3 aromatic rings. The lowest BCUT2D eigenvalue weighted by Gasteiger charge is -2.30. The molecule has 166 valence electrons. The molecule has 0 saturated carbocycles. The molecule has 0 unspecified atom stereocenters. The van der Waals surface area contributed by atoms with Gasteiger partial charge in [0.25, 0.3) is 0 Å². The Bertz CT molecular complexity index is 1010. The van der Waals surface area contributed by atoms with Gasteiger partial charge in [-0.25, -0.2) is 15.0 Å². The van der Waals surface area contributed by atoms with Crippen molar-refractivity contribution >= 4 is 58.9 Å². The molecule has 31 heavy (non-hydrogen) atoms. The van der Waals surface area contributed by atoms with E-state index in [9.17, 15) is 4.79 Å². The molecule has 0 spiro atoms. The molecule has 0 aromatic carbocycles. The predicted octanol–water partition coefficient (Wildman–Crippen LogP) is 5.19. The number of carbonyl (C=O) groups is 1. The van der Waals surface area contributed by atoms with Crippen molar-refractivity contribution in [1.29, 1.82) is 0 Å². The Morgan fingerprint density at radius 3 is 2.48 bits per heavy atom. The quantitative estimate of drug-likeness (QED) is 0.500. The second-order valence-electron chi connectivity index (χ2n) is 7.23. The van der Waals surface area contributed by atoms with Gasteiger partial charge in [0, 0.05) is 31.4 Å². The third-order valence-electron chi connectivity index (χ3n) is 4.99. The zero-order chi connectivity index (χ0) is 20.2. The number of hydrogen-bond donors (Lipinski definition) is 2. The molecule has 0 aliphatic carbocycles. The van der Waals surface area contributed by atoms with E-state index >= 15 is 0 Å². The molecule has 4 rings (SSSR count). The SMILES string of the molecule is Cc1cccc(Nc2cccc(-c3cnc(N4CCC(CC(=O)O)CC4)s3)n2)n1.Cl.Cl. The van der Waals surface area contributed by atoms with E-state index in [1.807, 2.05) is 49.5 Å². The number of carboxylic acids is 1. The summed E-state index contributed by atoms with van der Waals surface area (Å²) in [6.07, 6.45) is 3.90. The average molecular weight is 482 g/mol. The van der Waals surface area contributed by atoms with Crippen LogP contribution in [0, 0.1) is 12.8 Å². The maximum atomic E-state index is 10.9. The van der Waals surface area contributed by atoms with Gasteiger partial charge in [0.05, 0.1) is 10.6 Å². The molecule has 0 atom stereocenters. The standard InChI is InChI=1S/C21H23N5O2S.2ClH/c1-14-4-2-6-18(23-14)25-19-7-3-5-16(24-19)17-13-22-21(29-17)26-10-8-15(9-11-26)12-20(27)28;;/h2-7,13,15H,8-12H2,1H3,(H,27,28)(H,23,24,25);2*1H. The minimum atomic E-state index is -0.708. The minimum absolute atomic E-state index is 0. The molecule has 3 aromatic heterocycles.